The van der Waals surface area contributed by atoms with E-state index in [9.17, 15) is 8.42 Å². The number of aryl methyl sites for hydroxylation is 1. The SMILES string of the molecule is COc1ccc(CNc2nc3ccccc3nc2S(=O)(=O)c2ccc(C)cc2)cc1. The zero-order valence-corrected chi connectivity index (χ0v) is 17.5. The summed E-state index contributed by atoms with van der Waals surface area (Å²) in [5.41, 5.74) is 3.09. The average molecular weight is 420 g/mol. The van der Waals surface area contributed by atoms with E-state index in [4.69, 9.17) is 4.74 Å². The molecular weight excluding hydrogens is 398 g/mol. The van der Waals surface area contributed by atoms with Crippen LogP contribution in [-0.4, -0.2) is 25.5 Å². The molecule has 0 spiro atoms. The molecule has 0 radical (unpaired) electrons. The smallest absolute Gasteiger partial charge is 0.227 e. The quantitative estimate of drug-likeness (QED) is 0.499. The van der Waals surface area contributed by atoms with Crippen LogP contribution in [0.25, 0.3) is 11.0 Å². The van der Waals surface area contributed by atoms with Crippen LogP contribution >= 0.6 is 0 Å². The van der Waals surface area contributed by atoms with Crippen molar-refractivity contribution >= 4 is 26.7 Å². The predicted octanol–water partition coefficient (Wildman–Crippen LogP) is 4.39. The van der Waals surface area contributed by atoms with Crippen LogP contribution in [0, 0.1) is 6.92 Å². The van der Waals surface area contributed by atoms with E-state index >= 15 is 0 Å². The van der Waals surface area contributed by atoms with Gasteiger partial charge in [0.2, 0.25) is 14.9 Å². The van der Waals surface area contributed by atoms with Crippen molar-refractivity contribution in [3.63, 3.8) is 0 Å². The molecule has 1 N–H and O–H groups in total. The molecule has 0 atom stereocenters. The van der Waals surface area contributed by atoms with Gasteiger partial charge in [-0.1, -0.05) is 42.0 Å². The Kier molecular flexibility index (Phi) is 5.37. The van der Waals surface area contributed by atoms with Crippen LogP contribution in [0.5, 0.6) is 5.75 Å². The Bertz CT molecular complexity index is 1290. The molecule has 4 rings (SSSR count). The molecule has 6 nitrogen and oxygen atoms in total. The Balaban J connectivity index is 1.76. The van der Waals surface area contributed by atoms with E-state index in [-0.39, 0.29) is 15.7 Å². The minimum atomic E-state index is -3.85. The molecule has 7 heteroatoms. The summed E-state index contributed by atoms with van der Waals surface area (Å²) < 4.78 is 31.9. The summed E-state index contributed by atoms with van der Waals surface area (Å²) in [6, 6.07) is 21.5. The molecule has 0 saturated heterocycles. The normalized spacial score (nSPS) is 11.4. The summed E-state index contributed by atoms with van der Waals surface area (Å²) in [6.07, 6.45) is 0. The van der Waals surface area contributed by atoms with E-state index < -0.39 is 9.84 Å². The fourth-order valence-corrected chi connectivity index (χ4v) is 4.35. The molecule has 152 valence electrons. The zero-order chi connectivity index (χ0) is 21.1. The molecule has 0 unspecified atom stereocenters. The molecule has 30 heavy (non-hydrogen) atoms. The number of methoxy groups -OCH3 is 1. The predicted molar refractivity (Wildman–Crippen MR) is 116 cm³/mol. The highest BCUT2D eigenvalue weighted by molar-refractivity contribution is 7.91. The van der Waals surface area contributed by atoms with Gasteiger partial charge in [0.15, 0.2) is 5.82 Å². The van der Waals surface area contributed by atoms with Crippen molar-refractivity contribution in [1.29, 1.82) is 0 Å². The first-order valence-electron chi connectivity index (χ1n) is 9.43. The first-order valence-corrected chi connectivity index (χ1v) is 10.9. The summed E-state index contributed by atoms with van der Waals surface area (Å²) in [7, 11) is -2.24. The molecular formula is C23H21N3O3S. The van der Waals surface area contributed by atoms with Crippen molar-refractivity contribution in [3.05, 3.63) is 83.9 Å². The van der Waals surface area contributed by atoms with Crippen LogP contribution in [0.15, 0.2) is 82.7 Å². The van der Waals surface area contributed by atoms with Gasteiger partial charge in [0.25, 0.3) is 0 Å². The molecule has 1 heterocycles. The Morgan fingerprint density at radius 1 is 0.867 bits per heavy atom. The summed E-state index contributed by atoms with van der Waals surface area (Å²) in [6.45, 7) is 2.31. The third kappa shape index (κ3) is 3.97. The van der Waals surface area contributed by atoms with E-state index in [1.165, 1.54) is 0 Å². The lowest BCUT2D eigenvalue weighted by Crippen LogP contribution is -2.12. The number of benzene rings is 3. The van der Waals surface area contributed by atoms with Crippen LogP contribution in [0.2, 0.25) is 0 Å². The maximum atomic E-state index is 13.3. The van der Waals surface area contributed by atoms with Crippen LogP contribution in [0.1, 0.15) is 11.1 Å². The first-order chi connectivity index (χ1) is 14.5. The highest BCUT2D eigenvalue weighted by Gasteiger charge is 2.25. The number of ether oxygens (including phenoxy) is 1. The Morgan fingerprint density at radius 2 is 1.50 bits per heavy atom. The van der Waals surface area contributed by atoms with Gasteiger partial charge in [0, 0.05) is 6.54 Å². The van der Waals surface area contributed by atoms with Crippen molar-refractivity contribution in [2.24, 2.45) is 0 Å². The number of nitrogens with zero attached hydrogens (tertiary/aromatic N) is 2. The second-order valence-electron chi connectivity index (χ2n) is 6.88. The zero-order valence-electron chi connectivity index (χ0n) is 16.7. The van der Waals surface area contributed by atoms with Crippen molar-refractivity contribution in [2.45, 2.75) is 23.4 Å². The molecule has 3 aromatic carbocycles. The molecule has 0 saturated carbocycles. The lowest BCUT2D eigenvalue weighted by molar-refractivity contribution is 0.414. The molecule has 0 aliphatic heterocycles. The summed E-state index contributed by atoms with van der Waals surface area (Å²) in [5.74, 6) is 0.983. The lowest BCUT2D eigenvalue weighted by Gasteiger charge is -2.13. The van der Waals surface area contributed by atoms with E-state index in [2.05, 4.69) is 15.3 Å². The highest BCUT2D eigenvalue weighted by atomic mass is 32.2. The summed E-state index contributed by atoms with van der Waals surface area (Å²) >= 11 is 0. The van der Waals surface area contributed by atoms with E-state index in [0.29, 0.717) is 17.6 Å². The van der Waals surface area contributed by atoms with Crippen LogP contribution < -0.4 is 10.1 Å². The molecule has 0 bridgehead atoms. The Labute approximate surface area is 175 Å². The van der Waals surface area contributed by atoms with Crippen molar-refractivity contribution in [3.8, 4) is 5.75 Å². The molecule has 0 amide bonds. The van der Waals surface area contributed by atoms with E-state index in [1.54, 1.807) is 37.4 Å². The monoisotopic (exact) mass is 419 g/mol. The minimum absolute atomic E-state index is 0.0847. The van der Waals surface area contributed by atoms with Crippen LogP contribution in [0.3, 0.4) is 0 Å². The van der Waals surface area contributed by atoms with Gasteiger partial charge in [-0.25, -0.2) is 18.4 Å². The van der Waals surface area contributed by atoms with Crippen LogP contribution in [0.4, 0.5) is 5.82 Å². The third-order valence-corrected chi connectivity index (χ3v) is 6.43. The fraction of sp³-hybridized carbons (Fsp3) is 0.130. The average Bonchev–Trinajstić information content (AvgIpc) is 2.77. The largest absolute Gasteiger partial charge is 0.497 e. The number of anilines is 1. The second-order valence-corrected chi connectivity index (χ2v) is 8.75. The maximum absolute atomic E-state index is 13.3. The standard InChI is InChI=1S/C23H21N3O3S/c1-16-7-13-19(14-8-16)30(27,28)23-22(25-20-5-3-4-6-21(20)26-23)24-15-17-9-11-18(29-2)12-10-17/h3-14H,15H2,1-2H3,(H,24,25). The molecule has 0 aliphatic carbocycles. The van der Waals surface area contributed by atoms with Crippen molar-refractivity contribution < 1.29 is 13.2 Å². The summed E-state index contributed by atoms with van der Waals surface area (Å²) in [4.78, 5) is 9.19. The van der Waals surface area contributed by atoms with Gasteiger partial charge < -0.3 is 10.1 Å². The van der Waals surface area contributed by atoms with E-state index in [1.807, 2.05) is 49.4 Å². The third-order valence-electron chi connectivity index (χ3n) is 4.74. The topological polar surface area (TPSA) is 81.2 Å². The highest BCUT2D eigenvalue weighted by Crippen LogP contribution is 2.27. The number of hydrogen-bond donors (Lipinski definition) is 1. The van der Waals surface area contributed by atoms with Gasteiger partial charge in [-0.3, -0.25) is 0 Å². The number of hydrogen-bond acceptors (Lipinski definition) is 6. The van der Waals surface area contributed by atoms with Gasteiger partial charge in [-0.15, -0.1) is 0 Å². The van der Waals surface area contributed by atoms with Crippen LogP contribution in [-0.2, 0) is 16.4 Å². The Hall–Kier alpha value is -3.45. The van der Waals surface area contributed by atoms with Gasteiger partial charge in [-0.2, -0.15) is 0 Å². The number of rotatable bonds is 6. The maximum Gasteiger partial charge on any atom is 0.227 e. The molecule has 0 fully saturated rings. The molecule has 4 aromatic rings. The summed E-state index contributed by atoms with van der Waals surface area (Å²) in [5, 5.41) is 3.07. The van der Waals surface area contributed by atoms with Gasteiger partial charge in [0.1, 0.15) is 5.75 Å². The number of aromatic nitrogens is 2. The van der Waals surface area contributed by atoms with E-state index in [0.717, 1.165) is 16.9 Å². The fourth-order valence-electron chi connectivity index (χ4n) is 3.04. The minimum Gasteiger partial charge on any atom is -0.497 e. The number of fused-ring (bicyclic) bond motifs is 1. The lowest BCUT2D eigenvalue weighted by atomic mass is 10.2. The van der Waals surface area contributed by atoms with Gasteiger partial charge in [0.05, 0.1) is 23.0 Å². The van der Waals surface area contributed by atoms with Crippen molar-refractivity contribution in [1.82, 2.24) is 9.97 Å². The number of sulfone groups is 1. The van der Waals surface area contributed by atoms with Crippen molar-refractivity contribution in [2.75, 3.05) is 12.4 Å². The van der Waals surface area contributed by atoms with Gasteiger partial charge >= 0.3 is 0 Å². The second kappa shape index (κ2) is 8.12. The first kappa shape index (κ1) is 19.8. The molecule has 0 aliphatic rings. The Morgan fingerprint density at radius 3 is 2.13 bits per heavy atom. The number of nitrogens with one attached hydrogen (secondary N) is 1. The number of para-hydroxylation sites is 2. The van der Waals surface area contributed by atoms with Gasteiger partial charge in [-0.05, 0) is 48.9 Å². The molecule has 1 aromatic heterocycles.